The maximum atomic E-state index is 12.0. The Bertz CT molecular complexity index is 722. The fourth-order valence-electron chi connectivity index (χ4n) is 7.51. The van der Waals surface area contributed by atoms with Gasteiger partial charge in [-0.25, -0.2) is 0 Å². The zero-order valence-corrected chi connectivity index (χ0v) is 18.7. The van der Waals surface area contributed by atoms with Crippen molar-refractivity contribution < 1.29 is 23.9 Å². The van der Waals surface area contributed by atoms with Crippen LogP contribution in [0.15, 0.2) is 16.8 Å². The van der Waals surface area contributed by atoms with E-state index < -0.39 is 8.60 Å². The molecular formula is C22H34NO5P. The van der Waals surface area contributed by atoms with Crippen molar-refractivity contribution in [3.63, 3.8) is 0 Å². The van der Waals surface area contributed by atoms with Crippen molar-refractivity contribution in [3.8, 4) is 0 Å². The van der Waals surface area contributed by atoms with Gasteiger partial charge in [-0.15, -0.1) is 0 Å². The topological polar surface area (TPSA) is 88.3 Å². The van der Waals surface area contributed by atoms with Crippen LogP contribution >= 0.6 is 8.60 Å². The van der Waals surface area contributed by atoms with E-state index in [0.29, 0.717) is 30.0 Å². The van der Waals surface area contributed by atoms with Crippen molar-refractivity contribution in [1.82, 2.24) is 0 Å². The van der Waals surface area contributed by atoms with Crippen LogP contribution in [0.4, 0.5) is 0 Å². The molecule has 3 fully saturated rings. The smallest absolute Gasteiger partial charge is 0.330 e. The molecule has 6 unspecified atom stereocenters. The van der Waals surface area contributed by atoms with Crippen molar-refractivity contribution >= 4 is 20.1 Å². The fraction of sp³-hybridized carbons (Fsp3) is 0.818. The van der Waals surface area contributed by atoms with E-state index in [4.69, 9.17) is 14.6 Å². The Morgan fingerprint density at radius 1 is 1.17 bits per heavy atom. The summed E-state index contributed by atoms with van der Waals surface area (Å²) in [6, 6.07) is 0. The van der Waals surface area contributed by atoms with Crippen molar-refractivity contribution in [1.29, 1.82) is 0 Å². The van der Waals surface area contributed by atoms with E-state index in [1.54, 1.807) is 0 Å². The van der Waals surface area contributed by atoms with E-state index >= 15 is 0 Å². The molecule has 4 aliphatic rings. The van der Waals surface area contributed by atoms with Crippen molar-refractivity contribution in [2.45, 2.75) is 72.1 Å². The van der Waals surface area contributed by atoms with Crippen LogP contribution in [0.25, 0.3) is 0 Å². The molecule has 4 rings (SSSR count). The van der Waals surface area contributed by atoms with Crippen LogP contribution in [0.3, 0.4) is 0 Å². The molecule has 7 heteroatoms. The molecule has 0 aromatic carbocycles. The number of fused-ring (bicyclic) bond motifs is 5. The highest BCUT2D eigenvalue weighted by molar-refractivity contribution is 7.39. The molecule has 29 heavy (non-hydrogen) atoms. The van der Waals surface area contributed by atoms with Crippen molar-refractivity contribution in [2.75, 3.05) is 6.79 Å². The molecule has 0 spiro atoms. The first-order chi connectivity index (χ1) is 13.8. The third kappa shape index (κ3) is 3.71. The Kier molecular flexibility index (Phi) is 5.93. The minimum Gasteiger partial charge on any atom is -0.367 e. The lowest BCUT2D eigenvalue weighted by atomic mass is 9.46. The summed E-state index contributed by atoms with van der Waals surface area (Å²) in [5.41, 5.74) is 2.86. The summed E-state index contributed by atoms with van der Waals surface area (Å²) in [6.45, 7) is 6.66. The molecule has 0 aliphatic heterocycles. The van der Waals surface area contributed by atoms with Crippen LogP contribution in [0.1, 0.15) is 72.1 Å². The van der Waals surface area contributed by atoms with Crippen LogP contribution in [-0.4, -0.2) is 28.1 Å². The van der Waals surface area contributed by atoms with Crippen molar-refractivity contribution in [2.24, 2.45) is 39.7 Å². The van der Waals surface area contributed by atoms with Gasteiger partial charge in [0.05, 0.1) is 5.71 Å². The van der Waals surface area contributed by atoms with Gasteiger partial charge in [-0.05, 0) is 86.5 Å². The number of rotatable bonds is 5. The third-order valence-electron chi connectivity index (χ3n) is 8.90. The Labute approximate surface area is 174 Å². The van der Waals surface area contributed by atoms with Gasteiger partial charge in [0.1, 0.15) is 0 Å². The lowest BCUT2D eigenvalue weighted by Crippen LogP contribution is -2.51. The van der Waals surface area contributed by atoms with E-state index in [0.717, 1.165) is 30.9 Å². The lowest BCUT2D eigenvalue weighted by Gasteiger charge is -2.58. The lowest BCUT2D eigenvalue weighted by molar-refractivity contribution is -0.117. The van der Waals surface area contributed by atoms with Crippen LogP contribution in [0.2, 0.25) is 0 Å². The summed E-state index contributed by atoms with van der Waals surface area (Å²) < 4.78 is 4.64. The standard InChI is InChI=1S/C22H34NO5P/c1-14(23-27-13-28-29(25)26)18-6-7-19-17-5-4-15-12-16(24)8-10-21(15,2)20(17)9-11-22(18,19)3/h12,17-20,25-26H,4-11,13H2,1-3H3/b23-14+. The minimum absolute atomic E-state index is 0.215. The molecule has 0 aromatic heterocycles. The highest BCUT2D eigenvalue weighted by atomic mass is 31.2. The van der Waals surface area contributed by atoms with E-state index in [1.165, 1.54) is 31.3 Å². The molecule has 3 saturated carbocycles. The number of hydrogen-bond acceptors (Lipinski definition) is 6. The largest absolute Gasteiger partial charge is 0.367 e. The van der Waals surface area contributed by atoms with E-state index in [-0.39, 0.29) is 17.6 Å². The summed E-state index contributed by atoms with van der Waals surface area (Å²) in [7, 11) is -2.41. The Morgan fingerprint density at radius 2 is 1.97 bits per heavy atom. The quantitative estimate of drug-likeness (QED) is 0.220. The zero-order valence-electron chi connectivity index (χ0n) is 17.8. The van der Waals surface area contributed by atoms with E-state index in [9.17, 15) is 4.79 Å². The Morgan fingerprint density at radius 3 is 2.72 bits per heavy atom. The number of hydrogen-bond donors (Lipinski definition) is 2. The SMILES string of the molecule is C/C(=N\OCOP(O)O)C1CCC2C3CCC4=CC(=O)CCC4(C)C3CCC12C. The van der Waals surface area contributed by atoms with Crippen molar-refractivity contribution in [3.05, 3.63) is 11.6 Å². The normalized spacial score (nSPS) is 42.2. The van der Waals surface area contributed by atoms with Crippen LogP contribution in [0.5, 0.6) is 0 Å². The summed E-state index contributed by atoms with van der Waals surface area (Å²) in [4.78, 5) is 34.7. The monoisotopic (exact) mass is 423 g/mol. The number of nitrogens with zero attached hydrogens (tertiary/aromatic N) is 1. The number of oxime groups is 1. The van der Waals surface area contributed by atoms with Crippen LogP contribution < -0.4 is 0 Å². The van der Waals surface area contributed by atoms with Gasteiger partial charge < -0.3 is 14.6 Å². The molecule has 0 bridgehead atoms. The molecule has 0 aromatic rings. The first kappa shape index (κ1) is 21.4. The fourth-order valence-corrected chi connectivity index (χ4v) is 7.65. The Hall–Kier alpha value is -0.810. The highest BCUT2D eigenvalue weighted by Crippen LogP contribution is 2.66. The Balaban J connectivity index is 1.49. The molecule has 0 amide bonds. The van der Waals surface area contributed by atoms with E-state index in [1.807, 2.05) is 13.0 Å². The second kappa shape index (κ2) is 8.03. The molecule has 6 nitrogen and oxygen atoms in total. The average Bonchev–Trinajstić information content (AvgIpc) is 3.03. The van der Waals surface area contributed by atoms with Gasteiger partial charge in [0, 0.05) is 12.3 Å². The summed E-state index contributed by atoms with van der Waals surface area (Å²) in [5, 5.41) is 4.24. The molecular weight excluding hydrogens is 389 g/mol. The molecule has 2 N–H and O–H groups in total. The van der Waals surface area contributed by atoms with Gasteiger partial charge in [0.25, 0.3) is 0 Å². The molecule has 0 radical (unpaired) electrons. The predicted octanol–water partition coefficient (Wildman–Crippen LogP) is 4.71. The van der Waals surface area contributed by atoms with Crippen LogP contribution in [0, 0.1) is 34.5 Å². The summed E-state index contributed by atoms with van der Waals surface area (Å²) in [6.07, 6.45) is 10.8. The molecule has 4 aliphatic carbocycles. The maximum Gasteiger partial charge on any atom is 0.330 e. The first-order valence-electron chi connectivity index (χ1n) is 11.0. The van der Waals surface area contributed by atoms with Gasteiger partial charge in [-0.3, -0.25) is 9.32 Å². The molecule has 0 saturated heterocycles. The molecule has 0 heterocycles. The average molecular weight is 423 g/mol. The van der Waals surface area contributed by atoms with Gasteiger partial charge in [0.15, 0.2) is 5.78 Å². The van der Waals surface area contributed by atoms with Gasteiger partial charge in [-0.1, -0.05) is 24.6 Å². The number of ketones is 1. The van der Waals surface area contributed by atoms with Gasteiger partial charge in [0.2, 0.25) is 6.79 Å². The number of allylic oxidation sites excluding steroid dienone is 1. The molecule has 6 atom stereocenters. The molecule has 162 valence electrons. The van der Waals surface area contributed by atoms with Gasteiger partial charge >= 0.3 is 8.60 Å². The second-order valence-corrected chi connectivity index (χ2v) is 10.8. The third-order valence-corrected chi connectivity index (χ3v) is 9.23. The van der Waals surface area contributed by atoms with Gasteiger partial charge in [-0.2, -0.15) is 0 Å². The predicted molar refractivity (Wildman–Crippen MR) is 112 cm³/mol. The first-order valence-corrected chi connectivity index (χ1v) is 12.1. The number of carbonyl (C=O) groups is 1. The maximum absolute atomic E-state index is 12.0. The zero-order chi connectivity index (χ0) is 20.8. The highest BCUT2D eigenvalue weighted by Gasteiger charge is 2.59. The summed E-state index contributed by atoms with van der Waals surface area (Å²) >= 11 is 0. The van der Waals surface area contributed by atoms with E-state index in [2.05, 4.69) is 23.5 Å². The number of carbonyl (C=O) groups excluding carboxylic acids is 1. The minimum atomic E-state index is -2.41. The van der Waals surface area contributed by atoms with Crippen LogP contribution in [-0.2, 0) is 14.2 Å². The second-order valence-electron chi connectivity index (χ2n) is 10.0. The summed E-state index contributed by atoms with van der Waals surface area (Å²) in [5.74, 6) is 2.85.